The van der Waals surface area contributed by atoms with E-state index in [0.29, 0.717) is 11.3 Å². The molecule has 0 spiro atoms. The van der Waals surface area contributed by atoms with Crippen LogP contribution in [0.4, 0.5) is 5.69 Å². The summed E-state index contributed by atoms with van der Waals surface area (Å²) in [6.45, 7) is 1.66. The summed E-state index contributed by atoms with van der Waals surface area (Å²) in [5, 5.41) is 10.9. The van der Waals surface area contributed by atoms with Gasteiger partial charge < -0.3 is 0 Å². The van der Waals surface area contributed by atoms with E-state index in [2.05, 4.69) is 4.98 Å². The largest absolute Gasteiger partial charge is 0.299 e. The highest BCUT2D eigenvalue weighted by Gasteiger charge is 2.31. The number of hydrogen-bond acceptors (Lipinski definition) is 4. The van der Waals surface area contributed by atoms with E-state index in [9.17, 15) is 14.9 Å². The van der Waals surface area contributed by atoms with Crippen LogP contribution in [-0.4, -0.2) is 15.7 Å². The van der Waals surface area contributed by atoms with Gasteiger partial charge in [-0.2, -0.15) is 0 Å². The maximum absolute atomic E-state index is 11.6. The molecule has 0 radical (unpaired) electrons. The van der Waals surface area contributed by atoms with Gasteiger partial charge in [-0.05, 0) is 25.8 Å². The molecule has 1 aromatic heterocycles. The molecule has 0 unspecified atom stereocenters. The molecule has 0 aromatic carbocycles. The van der Waals surface area contributed by atoms with Gasteiger partial charge in [0.1, 0.15) is 11.5 Å². The first kappa shape index (κ1) is 10.7. The molecular weight excluding hydrogens is 208 g/mol. The first-order chi connectivity index (χ1) is 7.59. The molecule has 1 aliphatic carbocycles. The van der Waals surface area contributed by atoms with Gasteiger partial charge in [0.25, 0.3) is 5.69 Å². The van der Waals surface area contributed by atoms with E-state index in [1.165, 1.54) is 6.20 Å². The van der Waals surface area contributed by atoms with Crippen molar-refractivity contribution < 1.29 is 9.72 Å². The highest BCUT2D eigenvalue weighted by Crippen LogP contribution is 2.32. The minimum Gasteiger partial charge on any atom is -0.299 e. The molecule has 2 rings (SSSR count). The molecule has 1 heterocycles. The van der Waals surface area contributed by atoms with Gasteiger partial charge >= 0.3 is 0 Å². The number of nitro groups is 1. The van der Waals surface area contributed by atoms with Crippen molar-refractivity contribution in [3.8, 4) is 0 Å². The zero-order chi connectivity index (χ0) is 11.7. The van der Waals surface area contributed by atoms with Crippen LogP contribution in [0.3, 0.4) is 0 Å². The van der Waals surface area contributed by atoms with E-state index in [0.717, 1.165) is 12.8 Å². The molecule has 1 aromatic rings. The highest BCUT2D eigenvalue weighted by molar-refractivity contribution is 5.85. The van der Waals surface area contributed by atoms with Gasteiger partial charge in [0.05, 0.1) is 11.3 Å². The van der Waals surface area contributed by atoms with Crippen LogP contribution in [0, 0.1) is 23.0 Å². The summed E-state index contributed by atoms with van der Waals surface area (Å²) in [5.74, 6) is 0.183. The Morgan fingerprint density at radius 2 is 2.31 bits per heavy atom. The molecule has 1 aliphatic rings. The van der Waals surface area contributed by atoms with Crippen molar-refractivity contribution in [1.29, 1.82) is 0 Å². The summed E-state index contributed by atoms with van der Waals surface area (Å²) in [7, 11) is 0. The minimum atomic E-state index is -0.460. The summed E-state index contributed by atoms with van der Waals surface area (Å²) in [6, 6.07) is 1.59. The third kappa shape index (κ3) is 2.08. The van der Waals surface area contributed by atoms with E-state index in [1.807, 2.05) is 0 Å². The molecule has 5 nitrogen and oxygen atoms in total. The van der Waals surface area contributed by atoms with E-state index < -0.39 is 4.92 Å². The molecular formula is C11H12N2O3. The van der Waals surface area contributed by atoms with Crippen LogP contribution < -0.4 is 0 Å². The number of ketones is 1. The third-order valence-electron chi connectivity index (χ3n) is 2.76. The number of rotatable bonds is 4. The first-order valence-electron chi connectivity index (χ1n) is 5.21. The Hall–Kier alpha value is -1.78. The van der Waals surface area contributed by atoms with Gasteiger partial charge in [-0.15, -0.1) is 0 Å². The summed E-state index contributed by atoms with van der Waals surface area (Å²) in [4.78, 5) is 26.0. The lowest BCUT2D eigenvalue weighted by molar-refractivity contribution is -0.386. The molecule has 0 N–H and O–H groups in total. The number of Topliss-reactive ketones (excluding diaryl/α,β-unsaturated/α-hetero) is 1. The molecule has 1 fully saturated rings. The second kappa shape index (κ2) is 4.00. The molecule has 0 bridgehead atoms. The molecule has 0 aliphatic heterocycles. The SMILES string of the molecule is Cc1ccnc(CC(=O)C2CC2)c1[N+](=O)[O-]. The Bertz CT molecular complexity index is 453. The summed E-state index contributed by atoms with van der Waals surface area (Å²) in [6.07, 6.45) is 3.43. The van der Waals surface area contributed by atoms with Crippen LogP contribution in [0.25, 0.3) is 0 Å². The maximum atomic E-state index is 11.6. The highest BCUT2D eigenvalue weighted by atomic mass is 16.6. The van der Waals surface area contributed by atoms with Crippen molar-refractivity contribution in [2.75, 3.05) is 0 Å². The fourth-order valence-corrected chi connectivity index (χ4v) is 1.70. The average molecular weight is 220 g/mol. The van der Waals surface area contributed by atoms with Crippen molar-refractivity contribution in [3.05, 3.63) is 33.6 Å². The van der Waals surface area contributed by atoms with Gasteiger partial charge in [0.15, 0.2) is 0 Å². The monoisotopic (exact) mass is 220 g/mol. The molecule has 0 amide bonds. The summed E-state index contributed by atoms with van der Waals surface area (Å²) < 4.78 is 0. The van der Waals surface area contributed by atoms with E-state index in [1.54, 1.807) is 13.0 Å². The average Bonchev–Trinajstić information content (AvgIpc) is 2.99. The smallest absolute Gasteiger partial charge is 0.294 e. The van der Waals surface area contributed by atoms with Crippen molar-refractivity contribution in [3.63, 3.8) is 0 Å². The number of aryl methyl sites for hydroxylation is 1. The fourth-order valence-electron chi connectivity index (χ4n) is 1.70. The van der Waals surface area contributed by atoms with Crippen molar-refractivity contribution in [2.45, 2.75) is 26.2 Å². The predicted molar refractivity (Wildman–Crippen MR) is 57.1 cm³/mol. The van der Waals surface area contributed by atoms with Crippen molar-refractivity contribution in [1.82, 2.24) is 4.98 Å². The minimum absolute atomic E-state index is 0.0171. The van der Waals surface area contributed by atoms with Gasteiger partial charge in [0.2, 0.25) is 0 Å². The number of nitrogens with zero attached hydrogens (tertiary/aromatic N) is 2. The topological polar surface area (TPSA) is 73.1 Å². The standard InChI is InChI=1S/C11H12N2O3/c1-7-4-5-12-9(11(7)13(15)16)6-10(14)8-2-3-8/h4-5,8H,2-3,6H2,1H3. The zero-order valence-electron chi connectivity index (χ0n) is 8.97. The predicted octanol–water partition coefficient (Wildman–Crippen LogP) is 1.82. The zero-order valence-corrected chi connectivity index (χ0v) is 8.97. The van der Waals surface area contributed by atoms with Crippen molar-refractivity contribution in [2.24, 2.45) is 5.92 Å². The second-order valence-electron chi connectivity index (χ2n) is 4.10. The van der Waals surface area contributed by atoms with Crippen LogP contribution in [0.5, 0.6) is 0 Å². The Labute approximate surface area is 92.6 Å². The Balaban J connectivity index is 2.28. The molecule has 0 saturated heterocycles. The van der Waals surface area contributed by atoms with Crippen LogP contribution in [0.15, 0.2) is 12.3 Å². The second-order valence-corrected chi connectivity index (χ2v) is 4.10. The van der Waals surface area contributed by atoms with E-state index >= 15 is 0 Å². The quantitative estimate of drug-likeness (QED) is 0.573. The summed E-state index contributed by atoms with van der Waals surface area (Å²) in [5.41, 5.74) is 0.831. The number of pyridine rings is 1. The lowest BCUT2D eigenvalue weighted by Gasteiger charge is -2.03. The Morgan fingerprint density at radius 1 is 1.62 bits per heavy atom. The number of hydrogen-bond donors (Lipinski definition) is 0. The van der Waals surface area contributed by atoms with Crippen molar-refractivity contribution >= 4 is 11.5 Å². The van der Waals surface area contributed by atoms with Gasteiger partial charge in [-0.25, -0.2) is 0 Å². The molecule has 0 atom stereocenters. The van der Waals surface area contributed by atoms with Crippen LogP contribution in [0.2, 0.25) is 0 Å². The van der Waals surface area contributed by atoms with E-state index in [-0.39, 0.29) is 23.8 Å². The normalized spacial score (nSPS) is 14.8. The number of carbonyl (C=O) groups excluding carboxylic acids is 1. The summed E-state index contributed by atoms with van der Waals surface area (Å²) >= 11 is 0. The third-order valence-corrected chi connectivity index (χ3v) is 2.76. The molecule has 5 heteroatoms. The molecule has 1 saturated carbocycles. The van der Waals surface area contributed by atoms with E-state index in [4.69, 9.17) is 0 Å². The molecule has 16 heavy (non-hydrogen) atoms. The first-order valence-corrected chi connectivity index (χ1v) is 5.21. The van der Waals surface area contributed by atoms with Crippen LogP contribution in [0.1, 0.15) is 24.1 Å². The number of carbonyl (C=O) groups is 1. The van der Waals surface area contributed by atoms with Gasteiger partial charge in [0, 0.05) is 17.7 Å². The molecule has 84 valence electrons. The van der Waals surface area contributed by atoms with Crippen LogP contribution >= 0.6 is 0 Å². The van der Waals surface area contributed by atoms with Gasteiger partial charge in [-0.1, -0.05) is 0 Å². The fraction of sp³-hybridized carbons (Fsp3) is 0.455. The lowest BCUT2D eigenvalue weighted by Crippen LogP contribution is -2.09. The Kier molecular flexibility index (Phi) is 2.68. The lowest BCUT2D eigenvalue weighted by atomic mass is 10.1. The van der Waals surface area contributed by atoms with Gasteiger partial charge in [-0.3, -0.25) is 19.9 Å². The Morgan fingerprint density at radius 3 is 2.88 bits per heavy atom. The number of aromatic nitrogens is 1. The van der Waals surface area contributed by atoms with Crippen LogP contribution in [-0.2, 0) is 11.2 Å². The maximum Gasteiger partial charge on any atom is 0.294 e.